The number of hydrogen-bond acceptors (Lipinski definition) is 3. The first-order chi connectivity index (χ1) is 9.42. The van der Waals surface area contributed by atoms with Crippen molar-refractivity contribution >= 4 is 9.84 Å². The molecule has 0 bridgehead atoms. The SMILES string of the molecule is CCc1c(-c2ccccc2)ncn1C(C)CS(C)(=O)=O. The number of benzene rings is 1. The zero-order valence-corrected chi connectivity index (χ0v) is 12.9. The van der Waals surface area contributed by atoms with Crippen molar-refractivity contribution in [1.29, 1.82) is 0 Å². The molecule has 1 aromatic heterocycles. The van der Waals surface area contributed by atoms with Crippen LogP contribution in [0.5, 0.6) is 0 Å². The van der Waals surface area contributed by atoms with E-state index in [0.29, 0.717) is 0 Å². The van der Waals surface area contributed by atoms with Crippen LogP contribution < -0.4 is 0 Å². The van der Waals surface area contributed by atoms with Crippen LogP contribution in [0.3, 0.4) is 0 Å². The van der Waals surface area contributed by atoms with Crippen molar-refractivity contribution in [3.63, 3.8) is 0 Å². The Morgan fingerprint density at radius 2 is 1.90 bits per heavy atom. The molecule has 0 spiro atoms. The second-order valence-electron chi connectivity index (χ2n) is 5.11. The fourth-order valence-corrected chi connectivity index (χ4v) is 3.51. The summed E-state index contributed by atoms with van der Waals surface area (Å²) in [6.45, 7) is 3.98. The lowest BCUT2D eigenvalue weighted by Gasteiger charge is -2.15. The lowest BCUT2D eigenvalue weighted by Crippen LogP contribution is -2.17. The van der Waals surface area contributed by atoms with Gasteiger partial charge in [0.05, 0.1) is 17.8 Å². The van der Waals surface area contributed by atoms with Crippen molar-refractivity contribution in [3.8, 4) is 11.3 Å². The largest absolute Gasteiger partial charge is 0.330 e. The van der Waals surface area contributed by atoms with Crippen LogP contribution in [0.15, 0.2) is 36.7 Å². The van der Waals surface area contributed by atoms with Gasteiger partial charge in [-0.2, -0.15) is 0 Å². The minimum atomic E-state index is -3.00. The van der Waals surface area contributed by atoms with Crippen LogP contribution >= 0.6 is 0 Å². The van der Waals surface area contributed by atoms with Crippen molar-refractivity contribution in [2.75, 3.05) is 12.0 Å². The van der Waals surface area contributed by atoms with E-state index in [4.69, 9.17) is 0 Å². The van der Waals surface area contributed by atoms with E-state index < -0.39 is 9.84 Å². The number of sulfone groups is 1. The van der Waals surface area contributed by atoms with E-state index in [1.807, 2.05) is 41.8 Å². The lowest BCUT2D eigenvalue weighted by molar-refractivity contribution is 0.550. The van der Waals surface area contributed by atoms with Crippen LogP contribution in [0.2, 0.25) is 0 Å². The molecule has 0 fully saturated rings. The summed E-state index contributed by atoms with van der Waals surface area (Å²) in [7, 11) is -3.00. The summed E-state index contributed by atoms with van der Waals surface area (Å²) in [6, 6.07) is 9.87. The molecule has 108 valence electrons. The van der Waals surface area contributed by atoms with E-state index in [-0.39, 0.29) is 11.8 Å². The fourth-order valence-electron chi connectivity index (χ4n) is 2.47. The highest BCUT2D eigenvalue weighted by molar-refractivity contribution is 7.90. The predicted octanol–water partition coefficient (Wildman–Crippen LogP) is 2.72. The highest BCUT2D eigenvalue weighted by Gasteiger charge is 2.18. The summed E-state index contributed by atoms with van der Waals surface area (Å²) in [5.74, 6) is 0.130. The normalized spacial score (nSPS) is 13.3. The van der Waals surface area contributed by atoms with E-state index in [1.165, 1.54) is 6.26 Å². The highest BCUT2D eigenvalue weighted by atomic mass is 32.2. The Balaban J connectivity index is 2.40. The number of nitrogens with zero attached hydrogens (tertiary/aromatic N) is 2. The minimum absolute atomic E-state index is 0.107. The molecule has 0 saturated carbocycles. The molecule has 0 saturated heterocycles. The van der Waals surface area contributed by atoms with Gasteiger partial charge >= 0.3 is 0 Å². The number of imidazole rings is 1. The summed E-state index contributed by atoms with van der Waals surface area (Å²) in [5, 5.41) is 0. The average Bonchev–Trinajstić information content (AvgIpc) is 2.81. The van der Waals surface area contributed by atoms with Gasteiger partial charge in [-0.25, -0.2) is 13.4 Å². The van der Waals surface area contributed by atoms with Crippen molar-refractivity contribution in [1.82, 2.24) is 9.55 Å². The molecule has 1 unspecified atom stereocenters. The maximum absolute atomic E-state index is 11.5. The van der Waals surface area contributed by atoms with Crippen molar-refractivity contribution < 1.29 is 8.42 Å². The first-order valence-corrected chi connectivity index (χ1v) is 8.77. The van der Waals surface area contributed by atoms with Gasteiger partial charge in [0.25, 0.3) is 0 Å². The molecule has 0 N–H and O–H groups in total. The molecular weight excluding hydrogens is 272 g/mol. The Morgan fingerprint density at radius 3 is 2.45 bits per heavy atom. The van der Waals surface area contributed by atoms with E-state index in [0.717, 1.165) is 23.4 Å². The summed E-state index contributed by atoms with van der Waals surface area (Å²) in [4.78, 5) is 4.48. The molecule has 1 atom stereocenters. The van der Waals surface area contributed by atoms with E-state index in [2.05, 4.69) is 11.9 Å². The first-order valence-electron chi connectivity index (χ1n) is 6.71. The lowest BCUT2D eigenvalue weighted by atomic mass is 10.1. The van der Waals surface area contributed by atoms with Gasteiger partial charge in [-0.15, -0.1) is 0 Å². The van der Waals surface area contributed by atoms with Crippen LogP contribution in [-0.2, 0) is 16.3 Å². The Hall–Kier alpha value is -1.62. The molecule has 0 amide bonds. The summed E-state index contributed by atoms with van der Waals surface area (Å²) in [5.41, 5.74) is 3.08. The molecule has 4 nitrogen and oxygen atoms in total. The smallest absolute Gasteiger partial charge is 0.149 e. The van der Waals surface area contributed by atoms with Crippen molar-refractivity contribution in [2.24, 2.45) is 0 Å². The third-order valence-electron chi connectivity index (χ3n) is 3.30. The Labute approximate surface area is 120 Å². The average molecular weight is 292 g/mol. The van der Waals surface area contributed by atoms with E-state index in [9.17, 15) is 8.42 Å². The van der Waals surface area contributed by atoms with Gasteiger partial charge in [0, 0.05) is 23.6 Å². The molecule has 0 aliphatic heterocycles. The molecule has 0 aliphatic carbocycles. The topological polar surface area (TPSA) is 52.0 Å². The van der Waals surface area contributed by atoms with Crippen molar-refractivity contribution in [3.05, 3.63) is 42.4 Å². The third-order valence-corrected chi connectivity index (χ3v) is 4.39. The molecule has 0 aliphatic rings. The molecule has 5 heteroatoms. The van der Waals surface area contributed by atoms with Crippen LogP contribution in [0.25, 0.3) is 11.3 Å². The zero-order valence-electron chi connectivity index (χ0n) is 12.1. The number of rotatable bonds is 5. The van der Waals surface area contributed by atoms with Crippen LogP contribution in [0.1, 0.15) is 25.6 Å². The van der Waals surface area contributed by atoms with Crippen LogP contribution in [0, 0.1) is 0 Å². The van der Waals surface area contributed by atoms with Gasteiger partial charge in [0.1, 0.15) is 9.84 Å². The Kier molecular flexibility index (Phi) is 4.28. The summed E-state index contributed by atoms with van der Waals surface area (Å²) in [6.07, 6.45) is 3.83. The molecular formula is C15H20N2O2S. The summed E-state index contributed by atoms with van der Waals surface area (Å²) >= 11 is 0. The first kappa shape index (κ1) is 14.8. The summed E-state index contributed by atoms with van der Waals surface area (Å²) < 4.78 is 24.9. The molecule has 1 heterocycles. The quantitative estimate of drug-likeness (QED) is 0.851. The maximum atomic E-state index is 11.5. The van der Waals surface area contributed by atoms with Gasteiger partial charge < -0.3 is 4.57 Å². The maximum Gasteiger partial charge on any atom is 0.149 e. The van der Waals surface area contributed by atoms with Crippen LogP contribution in [0.4, 0.5) is 0 Å². The molecule has 1 aromatic carbocycles. The minimum Gasteiger partial charge on any atom is -0.330 e. The Morgan fingerprint density at radius 1 is 1.25 bits per heavy atom. The van der Waals surface area contributed by atoms with Gasteiger partial charge in [0.15, 0.2) is 0 Å². The standard InChI is InChI=1S/C15H20N2O2S/c1-4-14-15(13-8-6-5-7-9-13)16-11-17(14)12(2)10-20(3,18)19/h5-9,11-12H,4,10H2,1-3H3. The predicted molar refractivity (Wildman–Crippen MR) is 81.5 cm³/mol. The fraction of sp³-hybridized carbons (Fsp3) is 0.400. The van der Waals surface area contributed by atoms with Gasteiger partial charge in [-0.3, -0.25) is 0 Å². The molecule has 0 radical (unpaired) electrons. The molecule has 2 aromatic rings. The van der Waals surface area contributed by atoms with Gasteiger partial charge in [-0.1, -0.05) is 37.3 Å². The van der Waals surface area contributed by atoms with Gasteiger partial charge in [-0.05, 0) is 13.3 Å². The number of hydrogen-bond donors (Lipinski definition) is 0. The molecule has 2 rings (SSSR count). The highest BCUT2D eigenvalue weighted by Crippen LogP contribution is 2.25. The van der Waals surface area contributed by atoms with Crippen LogP contribution in [-0.4, -0.2) is 30.0 Å². The van der Waals surface area contributed by atoms with E-state index >= 15 is 0 Å². The third kappa shape index (κ3) is 3.28. The second-order valence-corrected chi connectivity index (χ2v) is 7.29. The monoisotopic (exact) mass is 292 g/mol. The van der Waals surface area contributed by atoms with Gasteiger partial charge in [0.2, 0.25) is 0 Å². The Bertz CT molecular complexity index is 675. The number of aromatic nitrogens is 2. The molecule has 20 heavy (non-hydrogen) atoms. The zero-order chi connectivity index (χ0) is 14.8. The van der Waals surface area contributed by atoms with Crippen molar-refractivity contribution in [2.45, 2.75) is 26.3 Å². The van der Waals surface area contributed by atoms with E-state index in [1.54, 1.807) is 6.33 Å². The second kappa shape index (κ2) is 5.79.